The lowest BCUT2D eigenvalue weighted by Gasteiger charge is -2.25. The van der Waals surface area contributed by atoms with E-state index < -0.39 is 25.0 Å². The Morgan fingerprint density at radius 2 is 1.10 bits per heavy atom. The molecule has 0 rings (SSSR count). The van der Waals surface area contributed by atoms with Crippen LogP contribution in [0.5, 0.6) is 0 Å². The Bertz CT molecular complexity index is 577. The normalized spacial score (nSPS) is 13.7. The molecule has 238 valence electrons. The Morgan fingerprint density at radius 3 is 1.45 bits per heavy atom. The number of allylic oxidation sites excluding steroid dienone is 1. The number of carbonyl (C=O) groups is 1. The Balaban J connectivity index is 3.47. The molecule has 1 unspecified atom stereocenters. The summed E-state index contributed by atoms with van der Waals surface area (Å²) in [6.07, 6.45) is 25.2. The Kier molecular flexibility index (Phi) is 28.7. The van der Waals surface area contributed by atoms with Crippen LogP contribution in [0.15, 0.2) is 12.4 Å². The highest BCUT2D eigenvalue weighted by atomic mass is 19.1. The molecule has 6 nitrogen and oxygen atoms in total. The summed E-state index contributed by atoms with van der Waals surface area (Å²) >= 11 is 0. The van der Waals surface area contributed by atoms with E-state index in [1.807, 2.05) is 6.92 Å². The van der Waals surface area contributed by atoms with Crippen LogP contribution in [0.2, 0.25) is 0 Å². The SMILES string of the molecule is C=C(F)CCCCCCCCCCCCCCCCCCCCCCC(=O)N[C@@H](COC(O)CO)[C@H](O)CCC. The number of aliphatic hydroxyl groups is 3. The molecule has 0 saturated carbocycles. The first-order valence-electron chi connectivity index (χ1n) is 16.6. The van der Waals surface area contributed by atoms with Crippen molar-refractivity contribution in [3.05, 3.63) is 12.4 Å². The summed E-state index contributed by atoms with van der Waals surface area (Å²) in [5.41, 5.74) is 0. The van der Waals surface area contributed by atoms with E-state index in [1.54, 1.807) is 0 Å². The second-order valence-corrected chi connectivity index (χ2v) is 11.6. The number of unbranched alkanes of at least 4 members (excludes halogenated alkanes) is 19. The zero-order valence-electron chi connectivity index (χ0n) is 25.9. The predicted molar refractivity (Wildman–Crippen MR) is 164 cm³/mol. The third kappa shape index (κ3) is 27.2. The largest absolute Gasteiger partial charge is 0.391 e. The van der Waals surface area contributed by atoms with E-state index in [1.165, 1.54) is 96.3 Å². The van der Waals surface area contributed by atoms with Crippen molar-refractivity contribution in [3.8, 4) is 0 Å². The molecule has 7 heteroatoms. The lowest BCUT2D eigenvalue weighted by atomic mass is 10.0. The first-order valence-corrected chi connectivity index (χ1v) is 16.6. The quantitative estimate of drug-likeness (QED) is 0.0497. The van der Waals surface area contributed by atoms with Crippen molar-refractivity contribution in [1.29, 1.82) is 0 Å². The summed E-state index contributed by atoms with van der Waals surface area (Å²) in [5, 5.41) is 31.3. The number of amides is 1. The van der Waals surface area contributed by atoms with Gasteiger partial charge in [0.2, 0.25) is 5.91 Å². The zero-order chi connectivity index (χ0) is 29.7. The van der Waals surface area contributed by atoms with Crippen molar-refractivity contribution in [2.45, 2.75) is 179 Å². The number of halogens is 1. The third-order valence-electron chi connectivity index (χ3n) is 7.62. The fourth-order valence-corrected chi connectivity index (χ4v) is 5.08. The molecule has 0 aromatic carbocycles. The van der Waals surface area contributed by atoms with Crippen molar-refractivity contribution < 1.29 is 29.2 Å². The van der Waals surface area contributed by atoms with Gasteiger partial charge in [0.15, 0.2) is 6.29 Å². The number of hydrogen-bond acceptors (Lipinski definition) is 5. The van der Waals surface area contributed by atoms with Crippen molar-refractivity contribution in [2.24, 2.45) is 0 Å². The highest BCUT2D eigenvalue weighted by molar-refractivity contribution is 5.76. The minimum Gasteiger partial charge on any atom is -0.391 e. The molecular formula is C33H64FNO5. The van der Waals surface area contributed by atoms with Crippen LogP contribution < -0.4 is 5.32 Å². The number of aliphatic hydroxyl groups excluding tert-OH is 3. The monoisotopic (exact) mass is 573 g/mol. The Labute approximate surface area is 245 Å². The maximum atomic E-state index is 12.5. The van der Waals surface area contributed by atoms with E-state index in [0.717, 1.165) is 38.5 Å². The number of ether oxygens (including phenoxy) is 1. The topological polar surface area (TPSA) is 99.0 Å². The standard InChI is InChI=1S/C33H64FNO5/c1-3-24-31(37)30(28-40-33(39)27-36)35-32(38)26-23-21-19-17-15-13-11-9-7-5-4-6-8-10-12-14-16-18-20-22-25-29(2)34/h30-31,33,36-37,39H,2-28H2,1H3,(H,35,38)/t30-,31+,33?/m0/s1. The second kappa shape index (κ2) is 29.5. The zero-order valence-corrected chi connectivity index (χ0v) is 25.9. The van der Waals surface area contributed by atoms with Gasteiger partial charge in [0, 0.05) is 6.42 Å². The molecule has 0 radical (unpaired) electrons. The summed E-state index contributed by atoms with van der Waals surface area (Å²) in [5.74, 6) is -0.279. The molecule has 0 aromatic heterocycles. The second-order valence-electron chi connectivity index (χ2n) is 11.6. The first kappa shape index (κ1) is 39.0. The molecule has 0 aliphatic heterocycles. The van der Waals surface area contributed by atoms with Gasteiger partial charge in [-0.15, -0.1) is 0 Å². The molecule has 4 N–H and O–H groups in total. The van der Waals surface area contributed by atoms with Crippen LogP contribution in [-0.2, 0) is 9.53 Å². The molecule has 1 amide bonds. The Hall–Kier alpha value is -1.02. The van der Waals surface area contributed by atoms with Gasteiger partial charge in [0.05, 0.1) is 31.2 Å². The molecule has 40 heavy (non-hydrogen) atoms. The van der Waals surface area contributed by atoms with Gasteiger partial charge < -0.3 is 25.4 Å². The van der Waals surface area contributed by atoms with Crippen LogP contribution in [-0.4, -0.2) is 52.9 Å². The van der Waals surface area contributed by atoms with E-state index in [2.05, 4.69) is 11.9 Å². The third-order valence-corrected chi connectivity index (χ3v) is 7.62. The van der Waals surface area contributed by atoms with Gasteiger partial charge in [0.1, 0.15) is 0 Å². The number of hydrogen-bond donors (Lipinski definition) is 4. The molecule has 0 aromatic rings. The molecule has 0 saturated heterocycles. The average molecular weight is 574 g/mol. The summed E-state index contributed by atoms with van der Waals surface area (Å²) in [6, 6.07) is -0.582. The summed E-state index contributed by atoms with van der Waals surface area (Å²) in [4.78, 5) is 12.3. The fourth-order valence-electron chi connectivity index (χ4n) is 5.08. The summed E-state index contributed by atoms with van der Waals surface area (Å²) in [7, 11) is 0. The molecular weight excluding hydrogens is 509 g/mol. The van der Waals surface area contributed by atoms with Crippen molar-refractivity contribution in [3.63, 3.8) is 0 Å². The van der Waals surface area contributed by atoms with E-state index in [-0.39, 0.29) is 18.3 Å². The summed E-state index contributed by atoms with van der Waals surface area (Å²) in [6.45, 7) is 4.72. The van der Waals surface area contributed by atoms with Gasteiger partial charge >= 0.3 is 0 Å². The first-order chi connectivity index (χ1) is 19.4. The van der Waals surface area contributed by atoms with Gasteiger partial charge in [-0.3, -0.25) is 4.79 Å². The molecule has 0 aliphatic carbocycles. The lowest BCUT2D eigenvalue weighted by molar-refractivity contribution is -0.140. The van der Waals surface area contributed by atoms with Crippen molar-refractivity contribution >= 4 is 5.91 Å². The number of rotatable bonds is 31. The predicted octanol–water partition coefficient (Wildman–Crippen LogP) is 8.02. The lowest BCUT2D eigenvalue weighted by Crippen LogP contribution is -2.47. The van der Waals surface area contributed by atoms with Crippen LogP contribution in [0, 0.1) is 0 Å². The summed E-state index contributed by atoms with van der Waals surface area (Å²) < 4.78 is 17.6. The Morgan fingerprint density at radius 1 is 0.725 bits per heavy atom. The highest BCUT2D eigenvalue weighted by Gasteiger charge is 2.22. The van der Waals surface area contributed by atoms with Crippen molar-refractivity contribution in [2.75, 3.05) is 13.2 Å². The van der Waals surface area contributed by atoms with E-state index in [0.29, 0.717) is 19.3 Å². The average Bonchev–Trinajstić information content (AvgIpc) is 2.93. The molecule has 0 heterocycles. The van der Waals surface area contributed by atoms with Crippen molar-refractivity contribution in [1.82, 2.24) is 5.32 Å². The van der Waals surface area contributed by atoms with Crippen LogP contribution in [0.3, 0.4) is 0 Å². The maximum absolute atomic E-state index is 12.5. The fraction of sp³-hybridized carbons (Fsp3) is 0.909. The molecule has 0 aliphatic rings. The molecule has 0 spiro atoms. The van der Waals surface area contributed by atoms with Crippen LogP contribution >= 0.6 is 0 Å². The molecule has 0 fully saturated rings. The smallest absolute Gasteiger partial charge is 0.220 e. The van der Waals surface area contributed by atoms with E-state index in [4.69, 9.17) is 9.84 Å². The minimum atomic E-state index is -1.30. The van der Waals surface area contributed by atoms with Gasteiger partial charge in [0.25, 0.3) is 0 Å². The maximum Gasteiger partial charge on any atom is 0.220 e. The number of carbonyl (C=O) groups excluding carboxylic acids is 1. The van der Waals surface area contributed by atoms with E-state index in [9.17, 15) is 19.4 Å². The van der Waals surface area contributed by atoms with Gasteiger partial charge in [-0.05, 0) is 25.7 Å². The minimum absolute atomic E-state index is 0.0296. The van der Waals surface area contributed by atoms with Gasteiger partial charge in [-0.25, -0.2) is 4.39 Å². The van der Waals surface area contributed by atoms with Gasteiger partial charge in [-0.2, -0.15) is 0 Å². The number of nitrogens with one attached hydrogen (secondary N) is 1. The van der Waals surface area contributed by atoms with Crippen LogP contribution in [0.1, 0.15) is 161 Å². The molecule has 3 atom stereocenters. The van der Waals surface area contributed by atoms with E-state index >= 15 is 0 Å². The highest BCUT2D eigenvalue weighted by Crippen LogP contribution is 2.16. The van der Waals surface area contributed by atoms with Gasteiger partial charge in [-0.1, -0.05) is 135 Å². The van der Waals surface area contributed by atoms with Crippen LogP contribution in [0.4, 0.5) is 4.39 Å². The van der Waals surface area contributed by atoms with Crippen LogP contribution in [0.25, 0.3) is 0 Å². The molecule has 0 bridgehead atoms.